The molecule has 0 radical (unpaired) electrons. The minimum atomic E-state index is -0.272. The Kier molecular flexibility index (Phi) is 8.09. The normalized spacial score (nSPS) is 12.3. The van der Waals surface area contributed by atoms with E-state index in [9.17, 15) is 5.11 Å². The van der Waals surface area contributed by atoms with Gasteiger partial charge in [-0.1, -0.05) is 61.9 Å². The fourth-order valence-corrected chi connectivity index (χ4v) is 4.96. The number of aliphatic hydroxyl groups is 1. The van der Waals surface area contributed by atoms with E-state index in [-0.39, 0.29) is 12.8 Å². The van der Waals surface area contributed by atoms with Gasteiger partial charge in [-0.3, -0.25) is 0 Å². The van der Waals surface area contributed by atoms with Gasteiger partial charge in [-0.25, -0.2) is 9.97 Å². The van der Waals surface area contributed by atoms with E-state index < -0.39 is 0 Å². The minimum absolute atomic E-state index is 0.0903. The fraction of sp³-hybridized carbons (Fsp3) is 0.367. The standard InChI is InChI=1S/C30H35N7O2/c1-5-7-12-27-32-28-20(3)17-24(19-38)31-30(28)36(27)18-22-13-15-23(16-14-22)25-10-8-9-11-26(25)29-33-34-35-37(29)21(4)39-6-2/h8-11,13-17,21,38H,5-7,12,18-19H2,1-4H3. The summed E-state index contributed by atoms with van der Waals surface area (Å²) >= 11 is 0. The molecule has 0 saturated carbocycles. The van der Waals surface area contributed by atoms with Crippen molar-refractivity contribution in [2.45, 2.75) is 66.3 Å². The van der Waals surface area contributed by atoms with Crippen LogP contribution in [0, 0.1) is 6.92 Å². The van der Waals surface area contributed by atoms with E-state index in [1.54, 1.807) is 4.68 Å². The van der Waals surface area contributed by atoms with Crippen molar-refractivity contribution in [3.8, 4) is 22.5 Å². The lowest BCUT2D eigenvalue weighted by Crippen LogP contribution is -2.12. The molecule has 0 aliphatic carbocycles. The van der Waals surface area contributed by atoms with Gasteiger partial charge in [-0.15, -0.1) is 5.10 Å². The van der Waals surface area contributed by atoms with Crippen LogP contribution in [0.3, 0.4) is 0 Å². The fourth-order valence-electron chi connectivity index (χ4n) is 4.96. The molecule has 9 heteroatoms. The number of aromatic nitrogens is 7. The molecule has 1 atom stereocenters. The van der Waals surface area contributed by atoms with Gasteiger partial charge in [-0.2, -0.15) is 4.68 Å². The van der Waals surface area contributed by atoms with E-state index >= 15 is 0 Å². The van der Waals surface area contributed by atoms with E-state index in [0.717, 1.165) is 64.1 Å². The summed E-state index contributed by atoms with van der Waals surface area (Å²) in [4.78, 5) is 9.69. The molecular weight excluding hydrogens is 490 g/mol. The Bertz CT molecular complexity index is 1560. The van der Waals surface area contributed by atoms with Crippen LogP contribution in [0.2, 0.25) is 0 Å². The summed E-state index contributed by atoms with van der Waals surface area (Å²) in [7, 11) is 0. The molecule has 0 spiro atoms. The van der Waals surface area contributed by atoms with Crippen LogP contribution in [0.5, 0.6) is 0 Å². The maximum absolute atomic E-state index is 9.74. The number of imidazole rings is 1. The van der Waals surface area contributed by atoms with Crippen LogP contribution in [0.1, 0.15) is 62.5 Å². The van der Waals surface area contributed by atoms with Crippen LogP contribution in [-0.4, -0.2) is 46.5 Å². The van der Waals surface area contributed by atoms with E-state index in [4.69, 9.17) is 14.7 Å². The van der Waals surface area contributed by atoms with Crippen molar-refractivity contribution in [3.05, 3.63) is 77.2 Å². The maximum atomic E-state index is 9.74. The largest absolute Gasteiger partial charge is 0.390 e. The zero-order valence-electron chi connectivity index (χ0n) is 23.0. The van der Waals surface area contributed by atoms with Gasteiger partial charge in [0.2, 0.25) is 0 Å². The molecular formula is C30H35N7O2. The topological polar surface area (TPSA) is 104 Å². The van der Waals surface area contributed by atoms with Gasteiger partial charge >= 0.3 is 0 Å². The highest BCUT2D eigenvalue weighted by molar-refractivity contribution is 5.80. The second-order valence-electron chi connectivity index (χ2n) is 9.72. The predicted molar refractivity (Wildman–Crippen MR) is 151 cm³/mol. The first kappa shape index (κ1) is 26.6. The van der Waals surface area contributed by atoms with Gasteiger partial charge in [-0.05, 0) is 65.9 Å². The molecule has 0 saturated heterocycles. The summed E-state index contributed by atoms with van der Waals surface area (Å²) in [6.45, 7) is 9.25. The number of benzene rings is 2. The van der Waals surface area contributed by atoms with E-state index in [1.807, 2.05) is 45.0 Å². The number of aliphatic hydroxyl groups excluding tert-OH is 1. The third kappa shape index (κ3) is 5.46. The van der Waals surface area contributed by atoms with Gasteiger partial charge in [0.15, 0.2) is 17.7 Å². The van der Waals surface area contributed by atoms with Crippen molar-refractivity contribution >= 4 is 11.2 Å². The lowest BCUT2D eigenvalue weighted by atomic mass is 9.98. The lowest BCUT2D eigenvalue weighted by Gasteiger charge is -2.15. The lowest BCUT2D eigenvalue weighted by molar-refractivity contribution is 0.0159. The Labute approximate surface area is 228 Å². The first-order chi connectivity index (χ1) is 19.0. The molecule has 202 valence electrons. The summed E-state index contributed by atoms with van der Waals surface area (Å²) in [5.74, 6) is 1.70. The van der Waals surface area contributed by atoms with Crippen molar-refractivity contribution < 1.29 is 9.84 Å². The van der Waals surface area contributed by atoms with Crippen LogP contribution in [0.15, 0.2) is 54.6 Å². The van der Waals surface area contributed by atoms with Crippen molar-refractivity contribution in [2.24, 2.45) is 0 Å². The van der Waals surface area contributed by atoms with Crippen LogP contribution >= 0.6 is 0 Å². The third-order valence-corrected chi connectivity index (χ3v) is 6.96. The summed E-state index contributed by atoms with van der Waals surface area (Å²) in [5, 5.41) is 22.1. The molecule has 3 heterocycles. The molecule has 3 aromatic heterocycles. The van der Waals surface area contributed by atoms with E-state index in [0.29, 0.717) is 24.7 Å². The molecule has 1 unspecified atom stereocenters. The average molecular weight is 526 g/mol. The average Bonchev–Trinajstić information content (AvgIpc) is 3.58. The summed E-state index contributed by atoms with van der Waals surface area (Å²) in [6, 6.07) is 18.6. The second-order valence-corrected chi connectivity index (χ2v) is 9.72. The third-order valence-electron chi connectivity index (χ3n) is 6.96. The Morgan fingerprint density at radius 1 is 1.00 bits per heavy atom. The zero-order valence-corrected chi connectivity index (χ0v) is 23.0. The number of tetrazole rings is 1. The van der Waals surface area contributed by atoms with Crippen LogP contribution < -0.4 is 0 Å². The molecule has 1 N–H and O–H groups in total. The van der Waals surface area contributed by atoms with E-state index in [2.05, 4.69) is 57.3 Å². The zero-order chi connectivity index (χ0) is 27.4. The smallest absolute Gasteiger partial charge is 0.185 e. The molecule has 0 bridgehead atoms. The highest BCUT2D eigenvalue weighted by Crippen LogP contribution is 2.32. The first-order valence-electron chi connectivity index (χ1n) is 13.6. The Hall–Kier alpha value is -3.95. The number of aryl methyl sites for hydroxylation is 2. The van der Waals surface area contributed by atoms with E-state index in [1.165, 1.54) is 0 Å². The molecule has 5 aromatic rings. The van der Waals surface area contributed by atoms with Crippen LogP contribution in [-0.2, 0) is 24.3 Å². The van der Waals surface area contributed by atoms with Gasteiger partial charge in [0.05, 0.1) is 18.8 Å². The monoisotopic (exact) mass is 525 g/mol. The first-order valence-corrected chi connectivity index (χ1v) is 13.6. The molecule has 0 fully saturated rings. The molecule has 5 rings (SSSR count). The second kappa shape index (κ2) is 11.8. The van der Waals surface area contributed by atoms with Gasteiger partial charge in [0, 0.05) is 18.6 Å². The number of nitrogens with zero attached hydrogens (tertiary/aromatic N) is 7. The molecule has 39 heavy (non-hydrogen) atoms. The maximum Gasteiger partial charge on any atom is 0.185 e. The summed E-state index contributed by atoms with van der Waals surface area (Å²) in [5.41, 5.74) is 7.65. The number of fused-ring (bicyclic) bond motifs is 1. The van der Waals surface area contributed by atoms with Crippen molar-refractivity contribution in [2.75, 3.05) is 6.61 Å². The molecule has 0 amide bonds. The Morgan fingerprint density at radius 3 is 2.49 bits per heavy atom. The van der Waals surface area contributed by atoms with Crippen LogP contribution in [0.4, 0.5) is 0 Å². The number of ether oxygens (including phenoxy) is 1. The number of pyridine rings is 1. The van der Waals surface area contributed by atoms with Crippen molar-refractivity contribution in [1.29, 1.82) is 0 Å². The number of rotatable bonds is 11. The molecule has 0 aliphatic heterocycles. The number of hydrogen-bond acceptors (Lipinski definition) is 7. The van der Waals surface area contributed by atoms with Gasteiger partial charge in [0.25, 0.3) is 0 Å². The van der Waals surface area contributed by atoms with Gasteiger partial charge < -0.3 is 14.4 Å². The van der Waals surface area contributed by atoms with Crippen molar-refractivity contribution in [1.82, 2.24) is 34.7 Å². The highest BCUT2D eigenvalue weighted by atomic mass is 16.5. The summed E-state index contributed by atoms with van der Waals surface area (Å²) < 4.78 is 9.65. The number of hydrogen-bond donors (Lipinski definition) is 1. The minimum Gasteiger partial charge on any atom is -0.390 e. The Morgan fingerprint density at radius 2 is 1.77 bits per heavy atom. The molecule has 0 aliphatic rings. The predicted octanol–water partition coefficient (Wildman–Crippen LogP) is 5.50. The molecule has 2 aromatic carbocycles. The highest BCUT2D eigenvalue weighted by Gasteiger charge is 2.19. The molecule has 9 nitrogen and oxygen atoms in total. The summed E-state index contributed by atoms with van der Waals surface area (Å²) in [6.07, 6.45) is 2.78. The quantitative estimate of drug-likeness (QED) is 0.243. The Balaban J connectivity index is 1.48. The van der Waals surface area contributed by atoms with Crippen molar-refractivity contribution in [3.63, 3.8) is 0 Å². The van der Waals surface area contributed by atoms with Gasteiger partial charge in [0.1, 0.15) is 11.3 Å². The number of unbranched alkanes of at least 4 members (excludes halogenated alkanes) is 1. The SMILES string of the molecule is CCCCc1nc2c(C)cc(CO)nc2n1Cc1ccc(-c2ccccc2-c2nnnn2C(C)OCC)cc1. The van der Waals surface area contributed by atoms with Crippen LogP contribution in [0.25, 0.3) is 33.7 Å².